The van der Waals surface area contributed by atoms with E-state index in [0.29, 0.717) is 10.8 Å². The number of aliphatic hydroxyl groups is 1. The molecule has 0 saturated heterocycles. The van der Waals surface area contributed by atoms with Gasteiger partial charge in [0.05, 0.1) is 11.5 Å². The fourth-order valence-corrected chi connectivity index (χ4v) is 1.90. The molecular formula is C9H13N3O3S. The van der Waals surface area contributed by atoms with Gasteiger partial charge in [-0.15, -0.1) is 0 Å². The minimum Gasteiger partial charge on any atom is -0.395 e. The smallest absolute Gasteiger partial charge is 0.301 e. The van der Waals surface area contributed by atoms with Gasteiger partial charge in [-0.2, -0.15) is 0 Å². The zero-order valence-electron chi connectivity index (χ0n) is 9.01. The van der Waals surface area contributed by atoms with Crippen LogP contribution in [0, 0.1) is 10.1 Å². The molecule has 1 rings (SSSR count). The third-order valence-electron chi connectivity index (χ3n) is 1.86. The fraction of sp³-hybridized carbons (Fsp3) is 0.444. The topological polar surface area (TPSA) is 88.3 Å². The van der Waals surface area contributed by atoms with Crippen LogP contribution in [-0.2, 0) is 0 Å². The van der Waals surface area contributed by atoms with E-state index in [4.69, 9.17) is 5.11 Å². The maximum atomic E-state index is 10.8. The average molecular weight is 243 g/mol. The molecule has 16 heavy (non-hydrogen) atoms. The van der Waals surface area contributed by atoms with Crippen molar-refractivity contribution < 1.29 is 10.0 Å². The average Bonchev–Trinajstić information content (AvgIpc) is 2.28. The molecule has 1 aromatic rings. The summed E-state index contributed by atoms with van der Waals surface area (Å²) in [7, 11) is 1.69. The Morgan fingerprint density at radius 2 is 2.38 bits per heavy atom. The molecule has 0 spiro atoms. The lowest BCUT2D eigenvalue weighted by molar-refractivity contribution is -0.388. The standard InChI is InChI=1S/C9H13N3O3S/c1-6(5-13)16-9-7(12(14)15)3-4-8(10-2)11-9/h3-4,6,13H,5H2,1-2H3,(H,10,11). The number of nitrogens with one attached hydrogen (secondary N) is 1. The summed E-state index contributed by atoms with van der Waals surface area (Å²) < 4.78 is 0. The van der Waals surface area contributed by atoms with E-state index in [1.165, 1.54) is 17.8 Å². The fourth-order valence-electron chi connectivity index (χ4n) is 1.03. The number of rotatable bonds is 5. The number of hydrogen-bond donors (Lipinski definition) is 2. The van der Waals surface area contributed by atoms with Crippen LogP contribution in [0.4, 0.5) is 11.5 Å². The summed E-state index contributed by atoms with van der Waals surface area (Å²) in [5.41, 5.74) is -0.0377. The third-order valence-corrected chi connectivity index (χ3v) is 2.94. The Kier molecular flexibility index (Phi) is 4.51. The number of anilines is 1. The van der Waals surface area contributed by atoms with Crippen LogP contribution >= 0.6 is 11.8 Å². The largest absolute Gasteiger partial charge is 0.395 e. The van der Waals surface area contributed by atoms with E-state index in [2.05, 4.69) is 10.3 Å². The van der Waals surface area contributed by atoms with Gasteiger partial charge in [-0.1, -0.05) is 18.7 Å². The van der Waals surface area contributed by atoms with E-state index in [1.807, 2.05) is 0 Å². The summed E-state index contributed by atoms with van der Waals surface area (Å²) in [5, 5.41) is 22.7. The number of nitrogens with zero attached hydrogens (tertiary/aromatic N) is 2. The molecule has 1 unspecified atom stereocenters. The summed E-state index contributed by atoms with van der Waals surface area (Å²) >= 11 is 1.19. The second-order valence-electron chi connectivity index (χ2n) is 3.14. The minimum absolute atomic E-state index is 0.0377. The van der Waals surface area contributed by atoms with E-state index >= 15 is 0 Å². The number of pyridine rings is 1. The van der Waals surface area contributed by atoms with Crippen LogP contribution in [-0.4, -0.2) is 33.9 Å². The highest BCUT2D eigenvalue weighted by Gasteiger charge is 2.18. The second-order valence-corrected chi connectivity index (χ2v) is 4.57. The molecule has 0 aliphatic heterocycles. The number of aliphatic hydroxyl groups excluding tert-OH is 1. The number of hydrogen-bond acceptors (Lipinski definition) is 6. The van der Waals surface area contributed by atoms with Crippen LogP contribution in [0.5, 0.6) is 0 Å². The highest BCUT2D eigenvalue weighted by Crippen LogP contribution is 2.31. The van der Waals surface area contributed by atoms with Gasteiger partial charge in [0.25, 0.3) is 0 Å². The molecule has 0 saturated carbocycles. The molecular weight excluding hydrogens is 230 g/mol. The van der Waals surface area contributed by atoms with Crippen molar-refractivity contribution in [1.82, 2.24) is 4.98 Å². The van der Waals surface area contributed by atoms with Gasteiger partial charge < -0.3 is 10.4 Å². The highest BCUT2D eigenvalue weighted by atomic mass is 32.2. The van der Waals surface area contributed by atoms with Crippen LogP contribution in [0.3, 0.4) is 0 Å². The summed E-state index contributed by atoms with van der Waals surface area (Å²) in [6.45, 7) is 1.73. The lowest BCUT2D eigenvalue weighted by Crippen LogP contribution is -2.05. The Balaban J connectivity index is 3.05. The van der Waals surface area contributed by atoms with Gasteiger partial charge in [0.2, 0.25) is 0 Å². The first-order valence-corrected chi connectivity index (χ1v) is 5.57. The normalized spacial score (nSPS) is 12.2. The zero-order chi connectivity index (χ0) is 12.1. The van der Waals surface area contributed by atoms with Gasteiger partial charge in [0, 0.05) is 18.4 Å². The number of nitro groups is 1. The monoisotopic (exact) mass is 243 g/mol. The molecule has 6 nitrogen and oxygen atoms in total. The van der Waals surface area contributed by atoms with Crippen molar-refractivity contribution in [3.8, 4) is 0 Å². The van der Waals surface area contributed by atoms with E-state index in [9.17, 15) is 10.1 Å². The van der Waals surface area contributed by atoms with Gasteiger partial charge in [0.15, 0.2) is 5.03 Å². The molecule has 88 valence electrons. The van der Waals surface area contributed by atoms with Crippen LogP contribution < -0.4 is 5.32 Å². The Morgan fingerprint density at radius 1 is 1.69 bits per heavy atom. The molecule has 0 aromatic carbocycles. The second kappa shape index (κ2) is 5.66. The number of thioether (sulfide) groups is 1. The molecule has 0 aliphatic rings. The SMILES string of the molecule is CNc1ccc([N+](=O)[O-])c(SC(C)CO)n1. The Labute approximate surface area is 97.2 Å². The third kappa shape index (κ3) is 3.07. The predicted molar refractivity (Wildman–Crippen MR) is 62.8 cm³/mol. The Hall–Kier alpha value is -1.34. The van der Waals surface area contributed by atoms with E-state index in [1.54, 1.807) is 20.0 Å². The predicted octanol–water partition coefficient (Wildman–Crippen LogP) is 1.50. The quantitative estimate of drug-likeness (QED) is 0.463. The molecule has 0 amide bonds. The van der Waals surface area contributed by atoms with E-state index in [-0.39, 0.29) is 17.5 Å². The van der Waals surface area contributed by atoms with E-state index < -0.39 is 4.92 Å². The first-order valence-electron chi connectivity index (χ1n) is 4.69. The molecule has 1 atom stereocenters. The highest BCUT2D eigenvalue weighted by molar-refractivity contribution is 8.00. The van der Waals surface area contributed by atoms with Crippen LogP contribution in [0.2, 0.25) is 0 Å². The van der Waals surface area contributed by atoms with Crippen molar-refractivity contribution in [2.24, 2.45) is 0 Å². The summed E-state index contributed by atoms with van der Waals surface area (Å²) in [4.78, 5) is 14.4. The molecule has 1 heterocycles. The van der Waals surface area contributed by atoms with Crippen molar-refractivity contribution in [3.05, 3.63) is 22.2 Å². The Bertz CT molecular complexity index is 386. The van der Waals surface area contributed by atoms with Crippen molar-refractivity contribution in [3.63, 3.8) is 0 Å². The van der Waals surface area contributed by atoms with Crippen molar-refractivity contribution in [1.29, 1.82) is 0 Å². The van der Waals surface area contributed by atoms with Crippen LogP contribution in [0.1, 0.15) is 6.92 Å². The minimum atomic E-state index is -0.473. The van der Waals surface area contributed by atoms with Crippen molar-refractivity contribution >= 4 is 23.3 Å². The van der Waals surface area contributed by atoms with Gasteiger partial charge in [-0.25, -0.2) is 4.98 Å². The van der Waals surface area contributed by atoms with Crippen LogP contribution in [0.15, 0.2) is 17.2 Å². The first-order chi connectivity index (χ1) is 7.58. The lowest BCUT2D eigenvalue weighted by Gasteiger charge is -2.08. The van der Waals surface area contributed by atoms with E-state index in [0.717, 1.165) is 0 Å². The van der Waals surface area contributed by atoms with Gasteiger partial charge in [-0.3, -0.25) is 10.1 Å². The molecule has 0 aliphatic carbocycles. The van der Waals surface area contributed by atoms with Gasteiger partial charge in [-0.05, 0) is 6.07 Å². The van der Waals surface area contributed by atoms with Crippen molar-refractivity contribution in [2.45, 2.75) is 17.2 Å². The van der Waals surface area contributed by atoms with Gasteiger partial charge in [0.1, 0.15) is 5.82 Å². The maximum Gasteiger partial charge on any atom is 0.301 e. The summed E-state index contributed by atoms with van der Waals surface area (Å²) in [6, 6.07) is 2.96. The van der Waals surface area contributed by atoms with Crippen LogP contribution in [0.25, 0.3) is 0 Å². The molecule has 1 aromatic heterocycles. The van der Waals surface area contributed by atoms with Crippen molar-refractivity contribution in [2.75, 3.05) is 19.0 Å². The molecule has 0 fully saturated rings. The zero-order valence-corrected chi connectivity index (χ0v) is 9.82. The first kappa shape index (κ1) is 12.7. The lowest BCUT2D eigenvalue weighted by atomic mass is 10.4. The Morgan fingerprint density at radius 3 is 2.88 bits per heavy atom. The summed E-state index contributed by atoms with van der Waals surface area (Å²) in [5.74, 6) is 0.568. The molecule has 0 radical (unpaired) electrons. The molecule has 2 N–H and O–H groups in total. The molecule has 7 heteroatoms. The number of aromatic nitrogens is 1. The van der Waals surface area contributed by atoms with Gasteiger partial charge >= 0.3 is 5.69 Å². The maximum absolute atomic E-state index is 10.8. The summed E-state index contributed by atoms with van der Waals surface area (Å²) in [6.07, 6.45) is 0. The molecule has 0 bridgehead atoms.